The molecule has 11 heavy (non-hydrogen) atoms. The normalized spacial score (nSPS) is 9.82. The maximum Gasteiger partial charge on any atom is 0.0997 e. The molecule has 0 amide bonds. The Labute approximate surface area is 74.1 Å². The van der Waals surface area contributed by atoms with Crippen LogP contribution < -0.4 is 0 Å². The Morgan fingerprint density at radius 3 is 2.73 bits per heavy atom. The Morgan fingerprint density at radius 2 is 2.09 bits per heavy atom. The lowest BCUT2D eigenvalue weighted by molar-refractivity contribution is 1.47. The molecule has 0 aromatic heterocycles. The van der Waals surface area contributed by atoms with Gasteiger partial charge in [-0.15, -0.1) is 0 Å². The molecule has 0 heterocycles. The van der Waals surface area contributed by atoms with Crippen molar-refractivity contribution in [2.75, 3.05) is 0 Å². The molecule has 1 aromatic carbocycles. The van der Waals surface area contributed by atoms with Crippen molar-refractivity contribution in [1.82, 2.24) is 0 Å². The van der Waals surface area contributed by atoms with Crippen molar-refractivity contribution < 1.29 is 0 Å². The molecule has 0 bridgehead atoms. The fourth-order valence-electron chi connectivity index (χ4n) is 0.812. The van der Waals surface area contributed by atoms with Gasteiger partial charge in [0.1, 0.15) is 0 Å². The fourth-order valence-corrected chi connectivity index (χ4v) is 1.10. The first-order valence-corrected chi connectivity index (χ1v) is 4.06. The molecule has 0 aliphatic heterocycles. The third-order valence-corrected chi connectivity index (χ3v) is 1.59. The lowest BCUT2D eigenvalue weighted by Gasteiger charge is -1.93. The second kappa shape index (κ2) is 3.95. The van der Waals surface area contributed by atoms with Crippen molar-refractivity contribution in [3.05, 3.63) is 40.4 Å². The molecular weight excluding hydrogens is 202 g/mol. The number of hydrogen-bond donors (Lipinski definition) is 0. The van der Waals surface area contributed by atoms with Crippen LogP contribution in [-0.4, -0.2) is 0 Å². The van der Waals surface area contributed by atoms with Gasteiger partial charge in [0.25, 0.3) is 0 Å². The fraction of sp³-hybridized carbons (Fsp3) is 0. The van der Waals surface area contributed by atoms with Crippen LogP contribution in [0.15, 0.2) is 29.3 Å². The summed E-state index contributed by atoms with van der Waals surface area (Å²) in [5, 5.41) is 8.65. The summed E-state index contributed by atoms with van der Waals surface area (Å²) in [6.07, 6.45) is 1.85. The first-order valence-electron chi connectivity index (χ1n) is 3.14. The summed E-state index contributed by atoms with van der Waals surface area (Å²) < 4.78 is 0. The molecule has 0 unspecified atom stereocenters. The summed E-state index contributed by atoms with van der Waals surface area (Å²) in [5.74, 6) is 0. The molecule has 1 aromatic rings. The van der Waals surface area contributed by atoms with Gasteiger partial charge < -0.3 is 0 Å². The zero-order valence-electron chi connectivity index (χ0n) is 5.79. The number of halogens is 1. The van der Waals surface area contributed by atoms with Crippen LogP contribution in [-0.2, 0) is 0 Å². The highest BCUT2D eigenvalue weighted by Crippen LogP contribution is 2.09. The second-order valence-electron chi connectivity index (χ2n) is 1.99. The highest BCUT2D eigenvalue weighted by molar-refractivity contribution is 9.11. The standard InChI is InChI=1S/C9H6BrN/c10-6-5-8-3-1-2-4-9(8)7-11/h1-6H/b6-5+. The topological polar surface area (TPSA) is 23.8 Å². The molecule has 0 aliphatic carbocycles. The maximum atomic E-state index is 8.65. The lowest BCUT2D eigenvalue weighted by atomic mass is 10.1. The van der Waals surface area contributed by atoms with Crippen LogP contribution in [0.3, 0.4) is 0 Å². The Morgan fingerprint density at radius 1 is 1.36 bits per heavy atom. The Bertz CT molecular complexity index is 310. The number of benzene rings is 1. The average Bonchev–Trinajstić information content (AvgIpc) is 2.06. The van der Waals surface area contributed by atoms with E-state index in [4.69, 9.17) is 5.26 Å². The molecule has 0 saturated carbocycles. The smallest absolute Gasteiger partial charge is 0.0997 e. The molecule has 0 fully saturated rings. The zero-order valence-corrected chi connectivity index (χ0v) is 7.38. The van der Waals surface area contributed by atoms with Gasteiger partial charge in [-0.05, 0) is 22.7 Å². The van der Waals surface area contributed by atoms with Crippen LogP contribution in [0.5, 0.6) is 0 Å². The van der Waals surface area contributed by atoms with Gasteiger partial charge in [-0.3, -0.25) is 0 Å². The number of nitriles is 1. The van der Waals surface area contributed by atoms with Gasteiger partial charge in [0.15, 0.2) is 0 Å². The number of nitrogens with zero attached hydrogens (tertiary/aromatic N) is 1. The molecule has 0 spiro atoms. The van der Waals surface area contributed by atoms with Crippen molar-refractivity contribution in [2.24, 2.45) is 0 Å². The molecule has 0 atom stereocenters. The highest BCUT2D eigenvalue weighted by Gasteiger charge is 1.93. The molecular formula is C9H6BrN. The summed E-state index contributed by atoms with van der Waals surface area (Å²) in [4.78, 5) is 1.74. The van der Waals surface area contributed by atoms with Crippen LogP contribution >= 0.6 is 15.9 Å². The highest BCUT2D eigenvalue weighted by atomic mass is 79.9. The minimum absolute atomic E-state index is 0.697. The van der Waals surface area contributed by atoms with Crippen molar-refractivity contribution in [1.29, 1.82) is 5.26 Å². The van der Waals surface area contributed by atoms with E-state index in [2.05, 4.69) is 22.0 Å². The van der Waals surface area contributed by atoms with E-state index >= 15 is 0 Å². The van der Waals surface area contributed by atoms with Gasteiger partial charge in [-0.25, -0.2) is 0 Å². The monoisotopic (exact) mass is 207 g/mol. The summed E-state index contributed by atoms with van der Waals surface area (Å²) in [6, 6.07) is 9.56. The largest absolute Gasteiger partial charge is 0.192 e. The molecule has 0 radical (unpaired) electrons. The van der Waals surface area contributed by atoms with Crippen LogP contribution in [0.4, 0.5) is 0 Å². The van der Waals surface area contributed by atoms with E-state index in [9.17, 15) is 0 Å². The molecule has 2 heteroatoms. The summed E-state index contributed by atoms with van der Waals surface area (Å²) in [5.41, 5.74) is 1.63. The van der Waals surface area contributed by atoms with Crippen molar-refractivity contribution in [2.45, 2.75) is 0 Å². The molecule has 0 N–H and O–H groups in total. The van der Waals surface area contributed by atoms with Crippen molar-refractivity contribution in [3.8, 4) is 6.07 Å². The molecule has 1 nitrogen and oxygen atoms in total. The van der Waals surface area contributed by atoms with Gasteiger partial charge in [0.2, 0.25) is 0 Å². The van der Waals surface area contributed by atoms with E-state index in [0.717, 1.165) is 5.56 Å². The average molecular weight is 208 g/mol. The third-order valence-electron chi connectivity index (χ3n) is 1.32. The van der Waals surface area contributed by atoms with E-state index in [1.54, 1.807) is 11.1 Å². The van der Waals surface area contributed by atoms with Crippen molar-refractivity contribution >= 4 is 22.0 Å². The van der Waals surface area contributed by atoms with E-state index in [1.165, 1.54) is 0 Å². The molecule has 1 rings (SSSR count). The van der Waals surface area contributed by atoms with Crippen LogP contribution in [0.25, 0.3) is 6.08 Å². The zero-order chi connectivity index (χ0) is 8.10. The van der Waals surface area contributed by atoms with Gasteiger partial charge in [-0.1, -0.05) is 34.1 Å². The van der Waals surface area contributed by atoms with Gasteiger partial charge in [0, 0.05) is 0 Å². The van der Waals surface area contributed by atoms with Crippen LogP contribution in [0, 0.1) is 11.3 Å². The van der Waals surface area contributed by atoms with E-state index in [0.29, 0.717) is 5.56 Å². The first kappa shape index (κ1) is 8.03. The predicted octanol–water partition coefficient (Wildman–Crippen LogP) is 2.92. The Kier molecular flexibility index (Phi) is 2.88. The van der Waals surface area contributed by atoms with Crippen molar-refractivity contribution in [3.63, 3.8) is 0 Å². The Balaban J connectivity index is 3.15. The molecule has 0 aliphatic rings. The lowest BCUT2D eigenvalue weighted by Crippen LogP contribution is -1.78. The molecule has 54 valence electrons. The molecule has 0 saturated heterocycles. The SMILES string of the molecule is N#Cc1ccccc1/C=C/Br. The summed E-state index contributed by atoms with van der Waals surface area (Å²) >= 11 is 3.16. The predicted molar refractivity (Wildman–Crippen MR) is 49.1 cm³/mol. The number of hydrogen-bond acceptors (Lipinski definition) is 1. The van der Waals surface area contributed by atoms with Gasteiger partial charge in [0.05, 0.1) is 11.6 Å². The maximum absolute atomic E-state index is 8.65. The minimum Gasteiger partial charge on any atom is -0.192 e. The van der Waals surface area contributed by atoms with Crippen LogP contribution in [0.2, 0.25) is 0 Å². The summed E-state index contributed by atoms with van der Waals surface area (Å²) in [7, 11) is 0. The van der Waals surface area contributed by atoms with E-state index < -0.39 is 0 Å². The minimum atomic E-state index is 0.697. The quantitative estimate of drug-likeness (QED) is 0.695. The second-order valence-corrected chi connectivity index (χ2v) is 2.52. The Hall–Kier alpha value is -1.07. The first-order chi connectivity index (χ1) is 5.38. The number of rotatable bonds is 1. The van der Waals surface area contributed by atoms with Crippen LogP contribution in [0.1, 0.15) is 11.1 Å². The van der Waals surface area contributed by atoms with Gasteiger partial charge in [-0.2, -0.15) is 5.26 Å². The van der Waals surface area contributed by atoms with E-state index in [-0.39, 0.29) is 0 Å². The summed E-state index contributed by atoms with van der Waals surface area (Å²) in [6.45, 7) is 0. The van der Waals surface area contributed by atoms with E-state index in [1.807, 2.05) is 24.3 Å². The van der Waals surface area contributed by atoms with Gasteiger partial charge >= 0.3 is 0 Å². The third kappa shape index (κ3) is 1.92.